The van der Waals surface area contributed by atoms with Gasteiger partial charge in [-0.05, 0) is 36.4 Å². The van der Waals surface area contributed by atoms with E-state index in [0.717, 1.165) is 6.07 Å². The van der Waals surface area contributed by atoms with Crippen molar-refractivity contribution in [3.63, 3.8) is 0 Å². The number of rotatable bonds is 4. The van der Waals surface area contributed by atoms with Crippen LogP contribution in [0.2, 0.25) is 10.0 Å². The van der Waals surface area contributed by atoms with E-state index in [2.05, 4.69) is 5.32 Å². The van der Waals surface area contributed by atoms with Crippen molar-refractivity contribution in [1.82, 2.24) is 0 Å². The molecule has 0 atom stereocenters. The minimum atomic E-state index is -0.603. The Kier molecular flexibility index (Phi) is 4.82. The molecule has 0 saturated heterocycles. The lowest BCUT2D eigenvalue weighted by Crippen LogP contribution is -2.20. The number of amides is 1. The predicted octanol–water partition coefficient (Wildman–Crippen LogP) is 4.15. The van der Waals surface area contributed by atoms with Crippen LogP contribution in [0, 0.1) is 5.82 Å². The molecule has 6 heteroatoms. The van der Waals surface area contributed by atoms with Crippen molar-refractivity contribution < 1.29 is 13.9 Å². The molecular weight excluding hydrogens is 304 g/mol. The molecule has 0 aliphatic carbocycles. The average Bonchev–Trinajstić information content (AvgIpc) is 2.40. The van der Waals surface area contributed by atoms with Crippen molar-refractivity contribution in [1.29, 1.82) is 0 Å². The molecule has 0 saturated carbocycles. The molecule has 2 aromatic carbocycles. The first-order valence-corrected chi connectivity index (χ1v) is 6.43. The number of halogens is 3. The Bertz CT molecular complexity index is 634. The highest BCUT2D eigenvalue weighted by atomic mass is 35.5. The van der Waals surface area contributed by atoms with Gasteiger partial charge in [0.05, 0.1) is 5.69 Å². The third-order valence-electron chi connectivity index (χ3n) is 2.37. The fourth-order valence-corrected chi connectivity index (χ4v) is 1.82. The van der Waals surface area contributed by atoms with Crippen LogP contribution in [0.1, 0.15) is 0 Å². The summed E-state index contributed by atoms with van der Waals surface area (Å²) in [5.41, 5.74) is 0.0501. The third kappa shape index (κ3) is 4.11. The van der Waals surface area contributed by atoms with Gasteiger partial charge in [-0.25, -0.2) is 4.39 Å². The second kappa shape index (κ2) is 6.59. The normalized spacial score (nSPS) is 10.2. The molecule has 1 N–H and O–H groups in total. The van der Waals surface area contributed by atoms with E-state index >= 15 is 0 Å². The van der Waals surface area contributed by atoms with Crippen molar-refractivity contribution in [2.45, 2.75) is 0 Å². The maximum atomic E-state index is 13.5. The van der Waals surface area contributed by atoms with Crippen molar-refractivity contribution in [2.24, 2.45) is 0 Å². The van der Waals surface area contributed by atoms with Crippen LogP contribution in [0.5, 0.6) is 5.75 Å². The lowest BCUT2D eigenvalue weighted by atomic mass is 10.3. The zero-order chi connectivity index (χ0) is 14.5. The zero-order valence-electron chi connectivity index (χ0n) is 10.2. The molecular formula is C14H10Cl2FNO2. The first kappa shape index (κ1) is 14.6. The molecule has 0 aliphatic heterocycles. The summed E-state index contributed by atoms with van der Waals surface area (Å²) in [5, 5.41) is 3.16. The Morgan fingerprint density at radius 2 is 1.90 bits per heavy atom. The quantitative estimate of drug-likeness (QED) is 0.920. The van der Waals surface area contributed by atoms with Crippen LogP contribution < -0.4 is 10.1 Å². The summed E-state index contributed by atoms with van der Waals surface area (Å²) in [5.74, 6) is -0.621. The molecule has 20 heavy (non-hydrogen) atoms. The van der Waals surface area contributed by atoms with Gasteiger partial charge in [0.1, 0.15) is 11.6 Å². The van der Waals surface area contributed by atoms with Gasteiger partial charge in [0, 0.05) is 10.0 Å². The molecule has 3 nitrogen and oxygen atoms in total. The van der Waals surface area contributed by atoms with Gasteiger partial charge in [0.25, 0.3) is 5.91 Å². The summed E-state index contributed by atoms with van der Waals surface area (Å²) in [6.07, 6.45) is 0. The first-order valence-electron chi connectivity index (χ1n) is 5.68. The molecule has 0 spiro atoms. The van der Waals surface area contributed by atoms with E-state index in [1.165, 1.54) is 12.1 Å². The van der Waals surface area contributed by atoms with Gasteiger partial charge in [0.2, 0.25) is 0 Å². The Hall–Kier alpha value is -1.78. The number of carbonyl (C=O) groups excluding carboxylic acids is 1. The fourth-order valence-electron chi connectivity index (χ4n) is 1.48. The molecule has 0 fully saturated rings. The van der Waals surface area contributed by atoms with Crippen molar-refractivity contribution in [2.75, 3.05) is 11.9 Å². The van der Waals surface area contributed by atoms with E-state index < -0.39 is 11.7 Å². The van der Waals surface area contributed by atoms with Crippen LogP contribution in [-0.2, 0) is 4.79 Å². The van der Waals surface area contributed by atoms with E-state index in [9.17, 15) is 9.18 Å². The number of hydrogen-bond acceptors (Lipinski definition) is 2. The smallest absolute Gasteiger partial charge is 0.262 e. The number of carbonyl (C=O) groups is 1. The molecule has 0 radical (unpaired) electrons. The molecule has 0 aliphatic rings. The lowest BCUT2D eigenvalue weighted by Gasteiger charge is -2.08. The van der Waals surface area contributed by atoms with Crippen LogP contribution in [0.4, 0.5) is 10.1 Å². The Balaban J connectivity index is 1.92. The number of nitrogens with one attached hydrogen (secondary N) is 1. The summed E-state index contributed by atoms with van der Waals surface area (Å²) in [6.45, 7) is -0.248. The highest BCUT2D eigenvalue weighted by Gasteiger charge is 2.08. The monoisotopic (exact) mass is 313 g/mol. The maximum absolute atomic E-state index is 13.5. The first-order chi connectivity index (χ1) is 9.54. The van der Waals surface area contributed by atoms with Crippen molar-refractivity contribution in [3.05, 3.63) is 58.3 Å². The summed E-state index contributed by atoms with van der Waals surface area (Å²) < 4.78 is 18.7. The minimum absolute atomic E-state index is 0.0501. The number of ether oxygens (including phenoxy) is 1. The van der Waals surface area contributed by atoms with Crippen molar-refractivity contribution >= 4 is 34.8 Å². The molecule has 1 amide bonds. The zero-order valence-corrected chi connectivity index (χ0v) is 11.7. The van der Waals surface area contributed by atoms with Gasteiger partial charge < -0.3 is 10.1 Å². The molecule has 0 heterocycles. The molecule has 0 bridgehead atoms. The number of benzene rings is 2. The van der Waals surface area contributed by atoms with Gasteiger partial charge in [0.15, 0.2) is 6.61 Å². The summed E-state index contributed by atoms with van der Waals surface area (Å²) in [6, 6.07) is 10.6. The highest BCUT2D eigenvalue weighted by Crippen LogP contribution is 2.19. The maximum Gasteiger partial charge on any atom is 0.262 e. The molecule has 104 valence electrons. The SMILES string of the molecule is O=C(COc1cccc(Cl)c1)Nc1ccc(Cl)cc1F. The van der Waals surface area contributed by atoms with Gasteiger partial charge in [-0.1, -0.05) is 29.3 Å². The largest absolute Gasteiger partial charge is 0.484 e. The molecule has 2 aromatic rings. The second-order valence-electron chi connectivity index (χ2n) is 3.92. The number of hydrogen-bond donors (Lipinski definition) is 1. The minimum Gasteiger partial charge on any atom is -0.484 e. The standard InChI is InChI=1S/C14H10Cl2FNO2/c15-9-2-1-3-11(6-9)20-8-14(19)18-13-5-4-10(16)7-12(13)17/h1-7H,8H2,(H,18,19). The van der Waals surface area contributed by atoms with E-state index in [4.69, 9.17) is 27.9 Å². The summed E-state index contributed by atoms with van der Waals surface area (Å²) in [4.78, 5) is 11.6. The van der Waals surface area contributed by atoms with Crippen LogP contribution in [0.25, 0.3) is 0 Å². The van der Waals surface area contributed by atoms with Crippen LogP contribution in [0.15, 0.2) is 42.5 Å². The second-order valence-corrected chi connectivity index (χ2v) is 4.79. The molecule has 0 aromatic heterocycles. The van der Waals surface area contributed by atoms with E-state index in [1.807, 2.05) is 0 Å². The van der Waals surface area contributed by atoms with E-state index in [-0.39, 0.29) is 17.3 Å². The van der Waals surface area contributed by atoms with Crippen LogP contribution in [0.3, 0.4) is 0 Å². The van der Waals surface area contributed by atoms with Crippen LogP contribution in [-0.4, -0.2) is 12.5 Å². The lowest BCUT2D eigenvalue weighted by molar-refractivity contribution is -0.118. The summed E-state index contributed by atoms with van der Waals surface area (Å²) >= 11 is 11.4. The predicted molar refractivity (Wildman–Crippen MR) is 77.0 cm³/mol. The topological polar surface area (TPSA) is 38.3 Å². The van der Waals surface area contributed by atoms with Crippen molar-refractivity contribution in [3.8, 4) is 5.75 Å². The Morgan fingerprint density at radius 1 is 1.15 bits per heavy atom. The number of anilines is 1. The Labute approximate surface area is 125 Å². The average molecular weight is 314 g/mol. The van der Waals surface area contributed by atoms with E-state index in [0.29, 0.717) is 10.8 Å². The molecule has 0 unspecified atom stereocenters. The van der Waals surface area contributed by atoms with Gasteiger partial charge >= 0.3 is 0 Å². The highest BCUT2D eigenvalue weighted by molar-refractivity contribution is 6.31. The fraction of sp³-hybridized carbons (Fsp3) is 0.0714. The van der Waals surface area contributed by atoms with Gasteiger partial charge in [-0.2, -0.15) is 0 Å². The Morgan fingerprint density at radius 3 is 2.60 bits per heavy atom. The third-order valence-corrected chi connectivity index (χ3v) is 2.84. The molecule has 2 rings (SSSR count). The van der Waals surface area contributed by atoms with Gasteiger partial charge in [-0.3, -0.25) is 4.79 Å². The van der Waals surface area contributed by atoms with Gasteiger partial charge in [-0.15, -0.1) is 0 Å². The summed E-state index contributed by atoms with van der Waals surface area (Å²) in [7, 11) is 0. The van der Waals surface area contributed by atoms with Crippen LogP contribution >= 0.6 is 23.2 Å². The van der Waals surface area contributed by atoms with E-state index in [1.54, 1.807) is 24.3 Å².